The Morgan fingerprint density at radius 3 is 2.95 bits per heavy atom. The summed E-state index contributed by atoms with van der Waals surface area (Å²) < 4.78 is 7.19. The maximum absolute atomic E-state index is 12.1. The molecule has 1 N–H and O–H groups in total. The summed E-state index contributed by atoms with van der Waals surface area (Å²) in [4.78, 5) is 12.1. The molecule has 0 radical (unpaired) electrons. The van der Waals surface area contributed by atoms with Gasteiger partial charge in [0.05, 0.1) is 12.1 Å². The number of carbonyl (C=O) groups excluding carboxylic acids is 1. The molecule has 0 aliphatic carbocycles. The van der Waals surface area contributed by atoms with Crippen LogP contribution in [0, 0.1) is 13.8 Å². The van der Waals surface area contributed by atoms with Crippen LogP contribution in [0.2, 0.25) is 0 Å². The second-order valence-corrected chi connectivity index (χ2v) is 4.55. The van der Waals surface area contributed by atoms with Gasteiger partial charge in [0, 0.05) is 6.20 Å². The average Bonchev–Trinajstić information content (AvgIpc) is 2.99. The summed E-state index contributed by atoms with van der Waals surface area (Å²) >= 11 is 0. The van der Waals surface area contributed by atoms with Crippen LogP contribution < -0.4 is 5.32 Å². The van der Waals surface area contributed by atoms with Gasteiger partial charge in [-0.2, -0.15) is 0 Å². The fourth-order valence-electron chi connectivity index (χ4n) is 2.12. The molecule has 0 spiro atoms. The molecule has 20 heavy (non-hydrogen) atoms. The van der Waals surface area contributed by atoms with Crippen molar-refractivity contribution in [2.24, 2.45) is 0 Å². The standard InChI is InChI=1S/C14H14N4O2/c1-9-7-11(10(2)20-9)14(19)15-8-13-17-16-12-5-3-4-6-18(12)13/h3-7H,8H2,1-2H3,(H,15,19). The van der Waals surface area contributed by atoms with Gasteiger partial charge >= 0.3 is 0 Å². The Hall–Kier alpha value is -2.63. The zero-order chi connectivity index (χ0) is 14.1. The summed E-state index contributed by atoms with van der Waals surface area (Å²) in [6.45, 7) is 3.90. The lowest BCUT2D eigenvalue weighted by atomic mass is 10.2. The smallest absolute Gasteiger partial charge is 0.255 e. The number of aromatic nitrogens is 3. The Balaban J connectivity index is 1.76. The predicted molar refractivity (Wildman–Crippen MR) is 72.3 cm³/mol. The summed E-state index contributed by atoms with van der Waals surface area (Å²) in [7, 11) is 0. The van der Waals surface area contributed by atoms with E-state index >= 15 is 0 Å². The largest absolute Gasteiger partial charge is 0.466 e. The summed E-state index contributed by atoms with van der Waals surface area (Å²) in [6.07, 6.45) is 1.87. The van der Waals surface area contributed by atoms with E-state index in [0.29, 0.717) is 23.7 Å². The van der Waals surface area contributed by atoms with E-state index in [1.54, 1.807) is 13.0 Å². The highest BCUT2D eigenvalue weighted by Gasteiger charge is 2.14. The molecule has 3 rings (SSSR count). The van der Waals surface area contributed by atoms with Gasteiger partial charge in [-0.15, -0.1) is 10.2 Å². The molecule has 3 heterocycles. The van der Waals surface area contributed by atoms with E-state index in [-0.39, 0.29) is 5.91 Å². The van der Waals surface area contributed by atoms with Gasteiger partial charge in [0.25, 0.3) is 5.91 Å². The molecule has 3 aromatic heterocycles. The van der Waals surface area contributed by atoms with Gasteiger partial charge in [-0.25, -0.2) is 0 Å². The van der Waals surface area contributed by atoms with E-state index < -0.39 is 0 Å². The number of fused-ring (bicyclic) bond motifs is 1. The number of hydrogen-bond donors (Lipinski definition) is 1. The minimum Gasteiger partial charge on any atom is -0.466 e. The van der Waals surface area contributed by atoms with Gasteiger partial charge in [-0.05, 0) is 32.0 Å². The first kappa shape index (κ1) is 12.4. The van der Waals surface area contributed by atoms with E-state index in [4.69, 9.17) is 4.42 Å². The first-order valence-corrected chi connectivity index (χ1v) is 6.29. The topological polar surface area (TPSA) is 72.4 Å². The highest BCUT2D eigenvalue weighted by Crippen LogP contribution is 2.13. The maximum atomic E-state index is 12.1. The minimum atomic E-state index is -0.174. The molecule has 0 saturated heterocycles. The van der Waals surface area contributed by atoms with Crippen molar-refractivity contribution in [3.63, 3.8) is 0 Å². The second kappa shape index (κ2) is 4.80. The third-order valence-corrected chi connectivity index (χ3v) is 3.08. The van der Waals surface area contributed by atoms with E-state index in [1.165, 1.54) is 0 Å². The van der Waals surface area contributed by atoms with Crippen molar-refractivity contribution in [1.82, 2.24) is 19.9 Å². The van der Waals surface area contributed by atoms with E-state index in [9.17, 15) is 4.79 Å². The molecule has 0 aliphatic heterocycles. The zero-order valence-corrected chi connectivity index (χ0v) is 11.3. The number of carbonyl (C=O) groups is 1. The Kier molecular flexibility index (Phi) is 2.98. The van der Waals surface area contributed by atoms with Crippen LogP contribution in [0.3, 0.4) is 0 Å². The molecule has 0 aliphatic rings. The zero-order valence-electron chi connectivity index (χ0n) is 11.3. The van der Waals surface area contributed by atoms with Crippen LogP contribution in [-0.2, 0) is 6.54 Å². The fraction of sp³-hybridized carbons (Fsp3) is 0.214. The van der Waals surface area contributed by atoms with Crippen molar-refractivity contribution in [3.8, 4) is 0 Å². The first-order valence-electron chi connectivity index (χ1n) is 6.29. The Morgan fingerprint density at radius 2 is 2.20 bits per heavy atom. The number of nitrogens with one attached hydrogen (secondary N) is 1. The van der Waals surface area contributed by atoms with Gasteiger partial charge in [-0.1, -0.05) is 6.07 Å². The Labute approximate surface area is 115 Å². The van der Waals surface area contributed by atoms with Gasteiger partial charge in [0.15, 0.2) is 11.5 Å². The lowest BCUT2D eigenvalue weighted by Gasteiger charge is -2.03. The van der Waals surface area contributed by atoms with Gasteiger partial charge in [0.1, 0.15) is 11.5 Å². The summed E-state index contributed by atoms with van der Waals surface area (Å²) in [5.74, 6) is 1.85. The predicted octanol–water partition coefficient (Wildman–Crippen LogP) is 1.87. The summed E-state index contributed by atoms with van der Waals surface area (Å²) in [6, 6.07) is 7.38. The third-order valence-electron chi connectivity index (χ3n) is 3.08. The Bertz CT molecular complexity index is 772. The van der Waals surface area contributed by atoms with Crippen LogP contribution in [0.1, 0.15) is 27.7 Å². The van der Waals surface area contributed by atoms with Crippen LogP contribution in [0.5, 0.6) is 0 Å². The van der Waals surface area contributed by atoms with Crippen LogP contribution in [0.4, 0.5) is 0 Å². The molecule has 6 nitrogen and oxygen atoms in total. The average molecular weight is 270 g/mol. The molecule has 6 heteroatoms. The SMILES string of the molecule is Cc1cc(C(=O)NCc2nnc3ccccn23)c(C)o1. The Morgan fingerprint density at radius 1 is 1.35 bits per heavy atom. The summed E-state index contributed by atoms with van der Waals surface area (Å²) in [5, 5.41) is 10.9. The molecule has 0 atom stereocenters. The maximum Gasteiger partial charge on any atom is 0.255 e. The number of hydrogen-bond acceptors (Lipinski definition) is 4. The quantitative estimate of drug-likeness (QED) is 0.788. The molecule has 3 aromatic rings. The molecule has 0 aromatic carbocycles. The lowest BCUT2D eigenvalue weighted by Crippen LogP contribution is -2.24. The number of rotatable bonds is 3. The third kappa shape index (κ3) is 2.16. The van der Waals surface area contributed by atoms with Crippen molar-refractivity contribution < 1.29 is 9.21 Å². The van der Waals surface area contributed by atoms with Crippen LogP contribution in [0.25, 0.3) is 5.65 Å². The molecule has 0 bridgehead atoms. The molecule has 0 saturated carbocycles. The van der Waals surface area contributed by atoms with Crippen molar-refractivity contribution in [2.45, 2.75) is 20.4 Å². The molecule has 0 fully saturated rings. The fourth-order valence-corrected chi connectivity index (χ4v) is 2.12. The van der Waals surface area contributed by atoms with E-state index in [2.05, 4.69) is 15.5 Å². The molecule has 0 unspecified atom stereocenters. The van der Waals surface area contributed by atoms with E-state index in [0.717, 1.165) is 11.4 Å². The van der Waals surface area contributed by atoms with E-state index in [1.807, 2.05) is 35.7 Å². The molecular formula is C14H14N4O2. The molecule has 1 amide bonds. The highest BCUT2D eigenvalue weighted by atomic mass is 16.3. The monoisotopic (exact) mass is 270 g/mol. The lowest BCUT2D eigenvalue weighted by molar-refractivity contribution is 0.0948. The van der Waals surface area contributed by atoms with Crippen LogP contribution in [-0.4, -0.2) is 20.5 Å². The van der Waals surface area contributed by atoms with Gasteiger partial charge in [0.2, 0.25) is 0 Å². The van der Waals surface area contributed by atoms with Crippen molar-refractivity contribution in [3.05, 3.63) is 53.4 Å². The van der Waals surface area contributed by atoms with Crippen LogP contribution >= 0.6 is 0 Å². The normalized spacial score (nSPS) is 10.9. The van der Waals surface area contributed by atoms with Gasteiger partial charge < -0.3 is 9.73 Å². The first-order chi connectivity index (χ1) is 9.65. The molecule has 102 valence electrons. The number of pyridine rings is 1. The molecular weight excluding hydrogens is 256 g/mol. The summed E-state index contributed by atoms with van der Waals surface area (Å²) in [5.41, 5.74) is 1.31. The minimum absolute atomic E-state index is 0.174. The number of amides is 1. The van der Waals surface area contributed by atoms with Crippen molar-refractivity contribution in [2.75, 3.05) is 0 Å². The number of aryl methyl sites for hydroxylation is 2. The number of nitrogens with zero attached hydrogens (tertiary/aromatic N) is 3. The second-order valence-electron chi connectivity index (χ2n) is 4.55. The number of furan rings is 1. The van der Waals surface area contributed by atoms with Crippen LogP contribution in [0.15, 0.2) is 34.9 Å². The van der Waals surface area contributed by atoms with Crippen molar-refractivity contribution in [1.29, 1.82) is 0 Å². The van der Waals surface area contributed by atoms with Gasteiger partial charge in [-0.3, -0.25) is 9.20 Å². The van der Waals surface area contributed by atoms with Crippen molar-refractivity contribution >= 4 is 11.6 Å². The highest BCUT2D eigenvalue weighted by molar-refractivity contribution is 5.95.